The van der Waals surface area contributed by atoms with Gasteiger partial charge in [-0.1, -0.05) is 0 Å². The van der Waals surface area contributed by atoms with Crippen molar-refractivity contribution in [2.45, 2.75) is 18.9 Å². The lowest BCUT2D eigenvalue weighted by Gasteiger charge is -2.29. The fraction of sp³-hybridized carbons (Fsp3) is 0.357. The van der Waals surface area contributed by atoms with E-state index in [0.29, 0.717) is 37.4 Å². The maximum absolute atomic E-state index is 12.3. The summed E-state index contributed by atoms with van der Waals surface area (Å²) in [6.07, 6.45) is 2.28. The molecule has 1 aliphatic heterocycles. The van der Waals surface area contributed by atoms with Crippen LogP contribution in [0.4, 0.5) is 0 Å². The van der Waals surface area contributed by atoms with Crippen LogP contribution in [0, 0.1) is 0 Å². The minimum Gasteiger partial charge on any atom is -0.423 e. The van der Waals surface area contributed by atoms with E-state index >= 15 is 0 Å². The topological polar surface area (TPSA) is 79.5 Å². The van der Waals surface area contributed by atoms with Gasteiger partial charge in [-0.25, -0.2) is 0 Å². The van der Waals surface area contributed by atoms with Crippen LogP contribution in [-0.2, 0) is 0 Å². The number of likely N-dealkylation sites (tertiary alicyclic amines) is 1. The minimum absolute atomic E-state index is 0.00557. The Morgan fingerprint density at radius 3 is 2.55 bits per heavy atom. The van der Waals surface area contributed by atoms with Gasteiger partial charge in [0.2, 0.25) is 12.3 Å². The molecule has 20 heavy (non-hydrogen) atoms. The van der Waals surface area contributed by atoms with Crippen LogP contribution in [0.2, 0.25) is 0 Å². The molecule has 0 unspecified atom stereocenters. The molecule has 2 heterocycles. The molecular weight excluding hydrogens is 258 g/mol. The van der Waals surface area contributed by atoms with Gasteiger partial charge >= 0.3 is 0 Å². The average Bonchev–Trinajstić information content (AvgIpc) is 3.02. The fourth-order valence-corrected chi connectivity index (χ4v) is 2.31. The lowest BCUT2D eigenvalue weighted by atomic mass is 10.1. The Morgan fingerprint density at radius 2 is 1.95 bits per heavy atom. The number of rotatable bonds is 2. The lowest BCUT2D eigenvalue weighted by Crippen LogP contribution is -2.40. The Kier molecular flexibility index (Phi) is 3.47. The van der Waals surface area contributed by atoms with Crippen LogP contribution in [0.3, 0.4) is 0 Å². The van der Waals surface area contributed by atoms with Crippen LogP contribution in [0.5, 0.6) is 0 Å². The number of hydrogen-bond acceptors (Lipinski definition) is 5. The first kappa shape index (κ1) is 12.8. The van der Waals surface area contributed by atoms with Crippen LogP contribution in [0.1, 0.15) is 23.2 Å². The minimum atomic E-state index is -0.279. The van der Waals surface area contributed by atoms with E-state index in [2.05, 4.69) is 10.2 Å². The summed E-state index contributed by atoms with van der Waals surface area (Å²) >= 11 is 0. The summed E-state index contributed by atoms with van der Waals surface area (Å²) in [5.74, 6) is 0.430. The van der Waals surface area contributed by atoms with Gasteiger partial charge in [-0.3, -0.25) is 4.79 Å². The Hall–Kier alpha value is -2.21. The molecule has 0 spiro atoms. The number of hydrogen-bond donors (Lipinski definition) is 1. The largest absolute Gasteiger partial charge is 0.423 e. The van der Waals surface area contributed by atoms with Gasteiger partial charge in [0.15, 0.2) is 0 Å². The van der Waals surface area contributed by atoms with Crippen molar-refractivity contribution in [3.8, 4) is 11.5 Å². The standard InChI is InChI=1S/C14H15N3O3/c18-12-5-7-17(8-6-12)14(19)11-3-1-10(2-4-11)13-16-15-9-20-13/h1-4,9,12,18H,5-8H2. The zero-order valence-corrected chi connectivity index (χ0v) is 10.9. The highest BCUT2D eigenvalue weighted by Crippen LogP contribution is 2.19. The maximum atomic E-state index is 12.3. The van der Waals surface area contributed by atoms with Gasteiger partial charge in [0.1, 0.15) is 0 Å². The molecule has 6 nitrogen and oxygen atoms in total. The summed E-state index contributed by atoms with van der Waals surface area (Å²) in [5, 5.41) is 16.9. The number of amides is 1. The SMILES string of the molecule is O=C(c1ccc(-c2nnco2)cc1)N1CCC(O)CC1. The first-order valence-electron chi connectivity index (χ1n) is 6.58. The zero-order chi connectivity index (χ0) is 13.9. The Bertz CT molecular complexity index is 572. The molecule has 0 atom stereocenters. The van der Waals surface area contributed by atoms with E-state index in [4.69, 9.17) is 4.42 Å². The molecule has 104 valence electrons. The first-order valence-corrected chi connectivity index (χ1v) is 6.58. The van der Waals surface area contributed by atoms with Crippen LogP contribution < -0.4 is 0 Å². The third kappa shape index (κ3) is 2.55. The summed E-state index contributed by atoms with van der Waals surface area (Å²) in [5.41, 5.74) is 1.41. The van der Waals surface area contributed by atoms with Gasteiger partial charge in [0.05, 0.1) is 6.10 Å². The molecule has 2 aromatic rings. The van der Waals surface area contributed by atoms with Gasteiger partial charge in [0, 0.05) is 24.2 Å². The van der Waals surface area contributed by atoms with Gasteiger partial charge in [-0.2, -0.15) is 0 Å². The second-order valence-electron chi connectivity index (χ2n) is 4.84. The summed E-state index contributed by atoms with van der Waals surface area (Å²) in [7, 11) is 0. The van der Waals surface area contributed by atoms with Crippen molar-refractivity contribution >= 4 is 5.91 Å². The molecule has 1 amide bonds. The monoisotopic (exact) mass is 273 g/mol. The Labute approximate surface area is 116 Å². The smallest absolute Gasteiger partial charge is 0.253 e. The molecule has 1 N–H and O–H groups in total. The second-order valence-corrected chi connectivity index (χ2v) is 4.84. The van der Waals surface area contributed by atoms with Gasteiger partial charge in [-0.15, -0.1) is 10.2 Å². The summed E-state index contributed by atoms with van der Waals surface area (Å²) in [4.78, 5) is 14.1. The molecule has 6 heteroatoms. The molecule has 1 aliphatic rings. The first-order chi connectivity index (χ1) is 9.74. The molecular formula is C14H15N3O3. The Balaban J connectivity index is 1.73. The number of carbonyl (C=O) groups is 1. The van der Waals surface area contributed by atoms with Crippen molar-refractivity contribution in [1.29, 1.82) is 0 Å². The molecule has 1 fully saturated rings. The predicted octanol–water partition coefficient (Wildman–Crippen LogP) is 1.33. The van der Waals surface area contributed by atoms with Crippen LogP contribution >= 0.6 is 0 Å². The van der Waals surface area contributed by atoms with Gasteiger partial charge < -0.3 is 14.4 Å². The maximum Gasteiger partial charge on any atom is 0.253 e. The van der Waals surface area contributed by atoms with Crippen LogP contribution in [0.25, 0.3) is 11.5 Å². The molecule has 1 aromatic carbocycles. The normalized spacial score (nSPS) is 16.4. The fourth-order valence-electron chi connectivity index (χ4n) is 2.31. The highest BCUT2D eigenvalue weighted by molar-refractivity contribution is 5.94. The Morgan fingerprint density at radius 1 is 1.25 bits per heavy atom. The van der Waals surface area contributed by atoms with Crippen molar-refractivity contribution < 1.29 is 14.3 Å². The average molecular weight is 273 g/mol. The van der Waals surface area contributed by atoms with E-state index in [1.54, 1.807) is 29.2 Å². The highest BCUT2D eigenvalue weighted by atomic mass is 16.4. The predicted molar refractivity (Wildman–Crippen MR) is 70.9 cm³/mol. The molecule has 0 radical (unpaired) electrons. The number of aliphatic hydroxyl groups is 1. The second kappa shape index (κ2) is 5.42. The third-order valence-corrected chi connectivity index (χ3v) is 3.49. The zero-order valence-electron chi connectivity index (χ0n) is 10.9. The van der Waals surface area contributed by atoms with Crippen molar-refractivity contribution in [2.24, 2.45) is 0 Å². The number of carbonyl (C=O) groups excluding carboxylic acids is 1. The molecule has 3 rings (SSSR count). The summed E-state index contributed by atoms with van der Waals surface area (Å²) in [6, 6.07) is 7.10. The van der Waals surface area contributed by atoms with Gasteiger partial charge in [-0.05, 0) is 37.1 Å². The van der Waals surface area contributed by atoms with Crippen molar-refractivity contribution in [2.75, 3.05) is 13.1 Å². The van der Waals surface area contributed by atoms with Crippen molar-refractivity contribution in [1.82, 2.24) is 15.1 Å². The van der Waals surface area contributed by atoms with E-state index in [0.717, 1.165) is 5.56 Å². The van der Waals surface area contributed by atoms with E-state index in [9.17, 15) is 9.90 Å². The van der Waals surface area contributed by atoms with Crippen molar-refractivity contribution in [3.63, 3.8) is 0 Å². The van der Waals surface area contributed by atoms with E-state index in [-0.39, 0.29) is 12.0 Å². The number of aromatic nitrogens is 2. The summed E-state index contributed by atoms with van der Waals surface area (Å²) in [6.45, 7) is 1.21. The lowest BCUT2D eigenvalue weighted by molar-refractivity contribution is 0.0546. The summed E-state index contributed by atoms with van der Waals surface area (Å²) < 4.78 is 5.10. The molecule has 0 aliphatic carbocycles. The number of nitrogens with zero attached hydrogens (tertiary/aromatic N) is 3. The number of piperidine rings is 1. The van der Waals surface area contributed by atoms with Crippen molar-refractivity contribution in [3.05, 3.63) is 36.2 Å². The van der Waals surface area contributed by atoms with Crippen LogP contribution in [0.15, 0.2) is 35.1 Å². The molecule has 1 aromatic heterocycles. The number of benzene rings is 1. The third-order valence-electron chi connectivity index (χ3n) is 3.49. The molecule has 0 saturated carbocycles. The van der Waals surface area contributed by atoms with Crippen LogP contribution in [-0.4, -0.2) is 45.3 Å². The number of aliphatic hydroxyl groups excluding tert-OH is 1. The van der Waals surface area contributed by atoms with E-state index in [1.165, 1.54) is 6.39 Å². The van der Waals surface area contributed by atoms with E-state index in [1.807, 2.05) is 0 Å². The molecule has 0 bridgehead atoms. The highest BCUT2D eigenvalue weighted by Gasteiger charge is 2.22. The van der Waals surface area contributed by atoms with E-state index < -0.39 is 0 Å². The quantitative estimate of drug-likeness (QED) is 0.893. The van der Waals surface area contributed by atoms with Gasteiger partial charge in [0.25, 0.3) is 5.91 Å². The molecule has 1 saturated heterocycles.